The largest absolute Gasteiger partial charge is 0.458 e. The lowest BCUT2D eigenvalue weighted by atomic mass is 10.2. The molecule has 0 aromatic rings. The number of alkyl carbamates (subject to hydrolysis) is 2. The molecule has 0 aliphatic heterocycles. The maximum absolute atomic E-state index is 11.8. The van der Waals surface area contributed by atoms with Gasteiger partial charge in [-0.3, -0.25) is 0 Å². The van der Waals surface area contributed by atoms with Crippen LogP contribution >= 0.6 is 0 Å². The Morgan fingerprint density at radius 3 is 1.36 bits per heavy atom. The number of amides is 2. The Balaban J connectivity index is 4.71. The molecule has 0 atom stereocenters. The van der Waals surface area contributed by atoms with Gasteiger partial charge in [0.15, 0.2) is 0 Å². The van der Waals surface area contributed by atoms with E-state index in [-0.39, 0.29) is 19.7 Å². The van der Waals surface area contributed by atoms with Crippen LogP contribution in [0.5, 0.6) is 0 Å². The predicted octanol–water partition coefficient (Wildman–Crippen LogP) is 2.76. The maximum Gasteiger partial charge on any atom is 0.407 e. The Hall–Kier alpha value is -2.03. The van der Waals surface area contributed by atoms with Gasteiger partial charge in [-0.05, 0) is 62.3 Å². The van der Waals surface area contributed by atoms with Gasteiger partial charge in [0, 0.05) is 13.1 Å². The molecule has 0 bridgehead atoms. The predicted molar refractivity (Wildman–Crippen MR) is 104 cm³/mol. The second-order valence-corrected chi connectivity index (χ2v) is 9.29. The summed E-state index contributed by atoms with van der Waals surface area (Å²) in [6.45, 7) is 15.4. The molecule has 28 heavy (non-hydrogen) atoms. The van der Waals surface area contributed by atoms with Crippen LogP contribution in [-0.4, -0.2) is 60.8 Å². The van der Waals surface area contributed by atoms with E-state index in [0.717, 1.165) is 0 Å². The molecule has 0 aromatic heterocycles. The second kappa shape index (κ2) is 10.5. The van der Waals surface area contributed by atoms with Gasteiger partial charge in [-0.25, -0.2) is 14.4 Å². The molecule has 2 amide bonds. The van der Waals surface area contributed by atoms with Gasteiger partial charge in [-0.1, -0.05) is 0 Å². The van der Waals surface area contributed by atoms with E-state index in [2.05, 4.69) is 10.6 Å². The molecular weight excluding hydrogens is 368 g/mol. The molecule has 0 rings (SSSR count). The van der Waals surface area contributed by atoms with E-state index in [1.54, 1.807) is 62.3 Å². The van der Waals surface area contributed by atoms with Crippen molar-refractivity contribution in [1.82, 2.24) is 10.6 Å². The normalized spacial score (nSPS) is 12.4. The number of rotatable bonds is 7. The molecular formula is C19H36N2O7. The molecule has 0 aliphatic rings. The van der Waals surface area contributed by atoms with Crippen LogP contribution in [0, 0.1) is 0 Å². The summed E-state index contributed by atoms with van der Waals surface area (Å²) in [5.41, 5.74) is -1.93. The molecule has 0 aliphatic carbocycles. The van der Waals surface area contributed by atoms with Gasteiger partial charge < -0.3 is 29.6 Å². The van der Waals surface area contributed by atoms with Crippen molar-refractivity contribution in [3.63, 3.8) is 0 Å². The molecule has 0 saturated carbocycles. The standard InChI is InChI=1S/C19H36N2O7/c1-17(2,3)26-14(22)12-25-13(10-20-15(23)27-18(4,5)6)11-21-16(24)28-19(7,8)9/h13H,10-12H2,1-9H3,(H,20,23)(H,21,24). The highest BCUT2D eigenvalue weighted by molar-refractivity contribution is 5.71. The van der Waals surface area contributed by atoms with Crippen molar-refractivity contribution in [2.45, 2.75) is 85.2 Å². The van der Waals surface area contributed by atoms with Crippen molar-refractivity contribution in [2.24, 2.45) is 0 Å². The van der Waals surface area contributed by atoms with Gasteiger partial charge in [0.2, 0.25) is 0 Å². The highest BCUT2D eigenvalue weighted by Gasteiger charge is 2.22. The lowest BCUT2D eigenvalue weighted by molar-refractivity contribution is -0.162. The Kier molecular flexibility index (Phi) is 9.74. The minimum Gasteiger partial charge on any atom is -0.458 e. The molecule has 0 unspecified atom stereocenters. The zero-order valence-electron chi connectivity index (χ0n) is 18.6. The highest BCUT2D eigenvalue weighted by Crippen LogP contribution is 2.09. The fraction of sp³-hybridized carbons (Fsp3) is 0.842. The average Bonchev–Trinajstić information content (AvgIpc) is 2.40. The monoisotopic (exact) mass is 404 g/mol. The van der Waals surface area contributed by atoms with Crippen LogP contribution in [0.1, 0.15) is 62.3 Å². The molecule has 0 aromatic carbocycles. The van der Waals surface area contributed by atoms with Crippen molar-refractivity contribution in [2.75, 3.05) is 19.7 Å². The van der Waals surface area contributed by atoms with E-state index in [0.29, 0.717) is 0 Å². The van der Waals surface area contributed by atoms with Crippen LogP contribution in [0.4, 0.5) is 9.59 Å². The maximum atomic E-state index is 11.8. The first-order valence-electron chi connectivity index (χ1n) is 9.24. The van der Waals surface area contributed by atoms with Crippen LogP contribution in [0.2, 0.25) is 0 Å². The van der Waals surface area contributed by atoms with Crippen molar-refractivity contribution in [3.05, 3.63) is 0 Å². The minimum atomic E-state index is -0.687. The number of hydrogen-bond acceptors (Lipinski definition) is 7. The third-order valence-corrected chi connectivity index (χ3v) is 2.60. The first-order valence-corrected chi connectivity index (χ1v) is 9.24. The van der Waals surface area contributed by atoms with Gasteiger partial charge >= 0.3 is 18.2 Å². The van der Waals surface area contributed by atoms with Crippen molar-refractivity contribution < 1.29 is 33.3 Å². The summed E-state index contributed by atoms with van der Waals surface area (Å²) >= 11 is 0. The Bertz CT molecular complexity index is 452. The fourth-order valence-corrected chi connectivity index (χ4v) is 1.77. The number of hydrogen-bond donors (Lipinski definition) is 2. The van der Waals surface area contributed by atoms with Gasteiger partial charge in [-0.15, -0.1) is 0 Å². The first-order chi connectivity index (χ1) is 12.5. The summed E-state index contributed by atoms with van der Waals surface area (Å²) < 4.78 is 21.0. The third kappa shape index (κ3) is 16.2. The number of ether oxygens (including phenoxy) is 4. The molecule has 0 heterocycles. The molecule has 0 spiro atoms. The lowest BCUT2D eigenvalue weighted by Gasteiger charge is -2.24. The Labute approximate surface area is 167 Å². The number of carbonyl (C=O) groups excluding carboxylic acids is 3. The summed E-state index contributed by atoms with van der Waals surface area (Å²) in [6.07, 6.45) is -1.95. The molecule has 164 valence electrons. The number of esters is 1. The summed E-state index contributed by atoms with van der Waals surface area (Å²) in [4.78, 5) is 35.5. The molecule has 9 heteroatoms. The third-order valence-electron chi connectivity index (χ3n) is 2.60. The molecule has 0 saturated heterocycles. The van der Waals surface area contributed by atoms with Crippen LogP contribution < -0.4 is 10.6 Å². The SMILES string of the molecule is CC(C)(C)OC(=O)COC(CNC(=O)OC(C)(C)C)CNC(=O)OC(C)(C)C. The van der Waals surface area contributed by atoms with E-state index in [1.165, 1.54) is 0 Å². The van der Waals surface area contributed by atoms with E-state index >= 15 is 0 Å². The average molecular weight is 405 g/mol. The number of carbonyl (C=O) groups is 3. The zero-order chi connectivity index (χ0) is 22.2. The van der Waals surface area contributed by atoms with Gasteiger partial charge in [0.1, 0.15) is 23.4 Å². The Morgan fingerprint density at radius 1 is 0.679 bits per heavy atom. The smallest absolute Gasteiger partial charge is 0.407 e. The van der Waals surface area contributed by atoms with Gasteiger partial charge in [0.25, 0.3) is 0 Å². The highest BCUT2D eigenvalue weighted by atomic mass is 16.6. The summed E-state index contributed by atoms with van der Waals surface area (Å²) in [5, 5.41) is 5.11. The topological polar surface area (TPSA) is 112 Å². The first kappa shape index (κ1) is 26.0. The summed E-state index contributed by atoms with van der Waals surface area (Å²) in [6, 6.07) is 0. The van der Waals surface area contributed by atoms with Gasteiger partial charge in [-0.2, -0.15) is 0 Å². The Morgan fingerprint density at radius 2 is 1.04 bits per heavy atom. The minimum absolute atomic E-state index is 0.0213. The van der Waals surface area contributed by atoms with Gasteiger partial charge in [0.05, 0.1) is 6.10 Å². The molecule has 9 nitrogen and oxygen atoms in total. The summed E-state index contributed by atoms with van der Waals surface area (Å²) in [7, 11) is 0. The van der Waals surface area contributed by atoms with Crippen LogP contribution in [0.3, 0.4) is 0 Å². The van der Waals surface area contributed by atoms with Crippen LogP contribution in [-0.2, 0) is 23.7 Å². The van der Waals surface area contributed by atoms with Crippen molar-refractivity contribution >= 4 is 18.2 Å². The van der Waals surface area contributed by atoms with Crippen LogP contribution in [0.25, 0.3) is 0 Å². The molecule has 2 N–H and O–H groups in total. The quantitative estimate of drug-likeness (QED) is 0.495. The molecule has 0 radical (unpaired) electrons. The summed E-state index contributed by atoms with van der Waals surface area (Å²) in [5.74, 6) is -0.549. The number of nitrogens with one attached hydrogen (secondary N) is 2. The van der Waals surface area contributed by atoms with E-state index < -0.39 is 41.1 Å². The molecule has 0 fully saturated rings. The zero-order valence-corrected chi connectivity index (χ0v) is 18.6. The lowest BCUT2D eigenvalue weighted by Crippen LogP contribution is -2.44. The van der Waals surface area contributed by atoms with Crippen molar-refractivity contribution in [1.29, 1.82) is 0 Å². The second-order valence-electron chi connectivity index (χ2n) is 9.29. The van der Waals surface area contributed by atoms with Crippen molar-refractivity contribution in [3.8, 4) is 0 Å². The van der Waals surface area contributed by atoms with E-state index in [1.807, 2.05) is 0 Å². The fourth-order valence-electron chi connectivity index (χ4n) is 1.77. The van der Waals surface area contributed by atoms with Crippen LogP contribution in [0.15, 0.2) is 0 Å². The van der Waals surface area contributed by atoms with E-state index in [4.69, 9.17) is 18.9 Å². The van der Waals surface area contributed by atoms with E-state index in [9.17, 15) is 14.4 Å².